The summed E-state index contributed by atoms with van der Waals surface area (Å²) in [6.45, 7) is 6.61. The van der Waals surface area contributed by atoms with Crippen molar-refractivity contribution in [2.75, 3.05) is 5.32 Å². The Morgan fingerprint density at radius 2 is 1.96 bits per heavy atom. The molecular weight excluding hydrogens is 357 g/mol. The van der Waals surface area contributed by atoms with Gasteiger partial charge in [-0.15, -0.1) is 0 Å². The first-order chi connectivity index (χ1) is 13.1. The van der Waals surface area contributed by atoms with Crippen molar-refractivity contribution in [2.45, 2.75) is 45.4 Å². The second-order valence-electron chi connectivity index (χ2n) is 7.70. The van der Waals surface area contributed by atoms with Crippen molar-refractivity contribution in [1.82, 2.24) is 9.61 Å². The first kappa shape index (κ1) is 19.8. The number of nitrogens with one attached hydrogen (secondary N) is 1. The van der Waals surface area contributed by atoms with Crippen LogP contribution < -0.4 is 16.8 Å². The van der Waals surface area contributed by atoms with Crippen molar-refractivity contribution >= 4 is 17.1 Å². The number of nitrogens with two attached hydrogens (primary N) is 2. The summed E-state index contributed by atoms with van der Waals surface area (Å²) >= 11 is 0. The van der Waals surface area contributed by atoms with Gasteiger partial charge in [0.1, 0.15) is 5.67 Å². The molecule has 3 aromatic rings. The Bertz CT molecular complexity index is 1020. The van der Waals surface area contributed by atoms with Gasteiger partial charge in [0, 0.05) is 17.8 Å². The minimum Gasteiger partial charge on any atom is -0.377 e. The zero-order chi connectivity index (χ0) is 20.6. The fraction of sp³-hybridized carbons (Fsp3) is 0.333. The predicted octanol–water partition coefficient (Wildman–Crippen LogP) is 3.67. The van der Waals surface area contributed by atoms with Gasteiger partial charge in [-0.3, -0.25) is 4.79 Å². The number of carbonyl (C=O) groups excluding carboxylic acids is 1. The van der Waals surface area contributed by atoms with Crippen LogP contribution in [0.25, 0.3) is 16.6 Å². The first-order valence-electron chi connectivity index (χ1n) is 9.20. The molecule has 0 fully saturated rings. The summed E-state index contributed by atoms with van der Waals surface area (Å²) < 4.78 is 16.0. The van der Waals surface area contributed by atoms with Gasteiger partial charge in [0.05, 0.1) is 29.0 Å². The lowest BCUT2D eigenvalue weighted by Gasteiger charge is -2.26. The Labute approximate surface area is 163 Å². The molecule has 0 spiro atoms. The molecule has 0 saturated heterocycles. The van der Waals surface area contributed by atoms with Crippen LogP contribution in [0.4, 0.5) is 10.1 Å². The summed E-state index contributed by atoms with van der Waals surface area (Å²) in [4.78, 5) is 11.9. The van der Waals surface area contributed by atoms with Crippen LogP contribution in [0.15, 0.2) is 42.7 Å². The maximum atomic E-state index is 14.4. The molecule has 0 bridgehead atoms. The summed E-state index contributed by atoms with van der Waals surface area (Å²) in [6, 6.07) is 9.21. The topological polar surface area (TPSA) is 98.4 Å². The van der Waals surface area contributed by atoms with Crippen molar-refractivity contribution < 1.29 is 9.18 Å². The predicted molar refractivity (Wildman–Crippen MR) is 110 cm³/mol. The van der Waals surface area contributed by atoms with E-state index in [2.05, 4.69) is 10.4 Å². The molecule has 7 heteroatoms. The average molecular weight is 383 g/mol. The van der Waals surface area contributed by atoms with E-state index in [9.17, 15) is 9.18 Å². The second kappa shape index (κ2) is 7.24. The lowest BCUT2D eigenvalue weighted by atomic mass is 10.0. The van der Waals surface area contributed by atoms with Gasteiger partial charge in [-0.1, -0.05) is 18.2 Å². The number of benzene rings is 1. The number of anilines is 1. The molecule has 28 heavy (non-hydrogen) atoms. The van der Waals surface area contributed by atoms with Crippen LogP contribution in [-0.2, 0) is 0 Å². The summed E-state index contributed by atoms with van der Waals surface area (Å²) in [6.07, 6.45) is 3.26. The molecule has 0 aliphatic carbocycles. The molecule has 0 aliphatic heterocycles. The number of aromatic nitrogens is 2. The Morgan fingerprint density at radius 1 is 1.25 bits per heavy atom. The molecule has 6 nitrogen and oxygen atoms in total. The molecule has 0 unspecified atom stereocenters. The van der Waals surface area contributed by atoms with Crippen molar-refractivity contribution in [2.24, 2.45) is 11.5 Å². The Kier molecular flexibility index (Phi) is 5.12. The van der Waals surface area contributed by atoms with Crippen molar-refractivity contribution in [3.63, 3.8) is 0 Å². The number of hydrogen-bond acceptors (Lipinski definition) is 4. The third-order valence-corrected chi connectivity index (χ3v) is 5.04. The largest absolute Gasteiger partial charge is 0.377 e. The molecule has 2 aromatic heterocycles. The third-order valence-electron chi connectivity index (χ3n) is 5.04. The monoisotopic (exact) mass is 383 g/mol. The SMILES string of the molecule is C[C@H](N)c1cccc(-c2cc3c(N[C@H](C)C(C)(C)F)c(C(N)=O)cnn3c2)c1. The number of carbonyl (C=O) groups is 1. The standard InChI is InChI=1S/C21H26FN5O/c1-12(23)14-6-5-7-15(8-14)16-9-18-19(26-13(2)21(3,4)22)17(20(24)28)10-25-27(18)11-16/h5-13,26H,23H2,1-4H3,(H2,24,28)/t12-,13+/m0/s1. The van der Waals surface area contributed by atoms with Crippen LogP contribution >= 0.6 is 0 Å². The van der Waals surface area contributed by atoms with Crippen LogP contribution in [0, 0.1) is 0 Å². The summed E-state index contributed by atoms with van der Waals surface area (Å²) in [5.41, 5.74) is 14.3. The summed E-state index contributed by atoms with van der Waals surface area (Å²) in [7, 11) is 0. The highest BCUT2D eigenvalue weighted by Crippen LogP contribution is 2.31. The Balaban J connectivity index is 2.14. The van der Waals surface area contributed by atoms with E-state index in [0.29, 0.717) is 11.2 Å². The maximum absolute atomic E-state index is 14.4. The molecule has 1 amide bonds. The van der Waals surface area contributed by atoms with E-state index in [4.69, 9.17) is 11.5 Å². The van der Waals surface area contributed by atoms with Crippen LogP contribution in [-0.4, -0.2) is 27.2 Å². The molecule has 2 heterocycles. The van der Waals surface area contributed by atoms with Crippen molar-refractivity contribution in [3.05, 3.63) is 53.9 Å². The van der Waals surface area contributed by atoms with Gasteiger partial charge in [-0.05, 0) is 51.0 Å². The smallest absolute Gasteiger partial charge is 0.252 e. The zero-order valence-electron chi connectivity index (χ0n) is 16.5. The molecule has 3 rings (SSSR count). The van der Waals surface area contributed by atoms with Crippen LogP contribution in [0.2, 0.25) is 0 Å². The molecule has 0 saturated carbocycles. The number of alkyl halides is 1. The van der Waals surface area contributed by atoms with Gasteiger partial charge in [0.25, 0.3) is 5.91 Å². The van der Waals surface area contributed by atoms with E-state index < -0.39 is 17.6 Å². The highest BCUT2D eigenvalue weighted by molar-refractivity contribution is 6.02. The van der Waals surface area contributed by atoms with Crippen molar-refractivity contribution in [1.29, 1.82) is 0 Å². The van der Waals surface area contributed by atoms with Crippen LogP contribution in [0.1, 0.15) is 49.7 Å². The lowest BCUT2D eigenvalue weighted by Crippen LogP contribution is -2.36. The number of halogens is 1. The van der Waals surface area contributed by atoms with Crippen LogP contribution in [0.5, 0.6) is 0 Å². The van der Waals surface area contributed by atoms with Gasteiger partial charge in [0.15, 0.2) is 0 Å². The molecule has 0 radical (unpaired) electrons. The lowest BCUT2D eigenvalue weighted by molar-refractivity contribution is 0.1000. The maximum Gasteiger partial charge on any atom is 0.252 e. The van der Waals surface area contributed by atoms with Crippen LogP contribution in [0.3, 0.4) is 0 Å². The van der Waals surface area contributed by atoms with Gasteiger partial charge in [0.2, 0.25) is 0 Å². The third kappa shape index (κ3) is 3.84. The van der Waals surface area contributed by atoms with E-state index in [0.717, 1.165) is 16.7 Å². The minimum atomic E-state index is -1.49. The minimum absolute atomic E-state index is 0.0820. The van der Waals surface area contributed by atoms with E-state index in [1.807, 2.05) is 43.5 Å². The van der Waals surface area contributed by atoms with Gasteiger partial charge in [-0.2, -0.15) is 5.10 Å². The van der Waals surface area contributed by atoms with Gasteiger partial charge >= 0.3 is 0 Å². The van der Waals surface area contributed by atoms with E-state index in [-0.39, 0.29) is 11.6 Å². The Hall–Kier alpha value is -2.93. The summed E-state index contributed by atoms with van der Waals surface area (Å²) in [5.74, 6) is -0.622. The molecular formula is C21H26FN5O. The number of hydrogen-bond donors (Lipinski definition) is 3. The fourth-order valence-corrected chi connectivity index (χ4v) is 2.94. The van der Waals surface area contributed by atoms with E-state index in [1.165, 1.54) is 20.0 Å². The quantitative estimate of drug-likeness (QED) is 0.605. The normalized spacial score (nSPS) is 14.1. The molecule has 1 aromatic carbocycles. The molecule has 2 atom stereocenters. The number of primary amides is 1. The average Bonchev–Trinajstić information content (AvgIpc) is 3.05. The van der Waals surface area contributed by atoms with Gasteiger partial charge < -0.3 is 16.8 Å². The highest BCUT2D eigenvalue weighted by Gasteiger charge is 2.27. The van der Waals surface area contributed by atoms with E-state index >= 15 is 0 Å². The Morgan fingerprint density at radius 3 is 2.57 bits per heavy atom. The first-order valence-corrected chi connectivity index (χ1v) is 9.20. The van der Waals surface area contributed by atoms with Gasteiger partial charge in [-0.25, -0.2) is 8.91 Å². The number of nitrogens with zero attached hydrogens (tertiary/aromatic N) is 2. The molecule has 5 N–H and O–H groups in total. The highest BCUT2D eigenvalue weighted by atomic mass is 19.1. The second-order valence-corrected chi connectivity index (χ2v) is 7.70. The molecule has 148 valence electrons. The number of fused-ring (bicyclic) bond motifs is 1. The fourth-order valence-electron chi connectivity index (χ4n) is 2.94. The van der Waals surface area contributed by atoms with E-state index in [1.54, 1.807) is 11.4 Å². The number of rotatable bonds is 6. The summed E-state index contributed by atoms with van der Waals surface area (Å²) in [5, 5.41) is 7.41. The zero-order valence-corrected chi connectivity index (χ0v) is 16.5. The number of amides is 1. The molecule has 0 aliphatic rings. The van der Waals surface area contributed by atoms with Crippen molar-refractivity contribution in [3.8, 4) is 11.1 Å².